The number of aryl methyl sites for hydroxylation is 1. The van der Waals surface area contributed by atoms with Gasteiger partial charge in [0.2, 0.25) is 0 Å². The molecule has 14 heteroatoms. The number of aromatic nitrogens is 2. The summed E-state index contributed by atoms with van der Waals surface area (Å²) in [6.07, 6.45) is 0.195. The average Bonchev–Trinajstić information content (AvgIpc) is 3.26. The van der Waals surface area contributed by atoms with Crippen LogP contribution in [0.2, 0.25) is 0 Å². The number of ether oxygens (including phenoxy) is 2. The molecule has 4 heterocycles. The lowest BCUT2D eigenvalue weighted by molar-refractivity contribution is -0.118. The molecule has 1 unspecified atom stereocenters. The van der Waals surface area contributed by atoms with Crippen molar-refractivity contribution in [1.29, 1.82) is 0 Å². The molecule has 12 nitrogen and oxygen atoms in total. The van der Waals surface area contributed by atoms with Gasteiger partial charge in [-0.3, -0.25) is 14.5 Å². The molecule has 1 fully saturated rings. The van der Waals surface area contributed by atoms with Gasteiger partial charge in [-0.15, -0.1) is 0 Å². The third-order valence-corrected chi connectivity index (χ3v) is 7.34. The van der Waals surface area contributed by atoms with E-state index in [0.717, 1.165) is 6.26 Å². The monoisotopic (exact) mass is 559 g/mol. The summed E-state index contributed by atoms with van der Waals surface area (Å²) < 4.78 is 50.3. The van der Waals surface area contributed by atoms with Crippen molar-refractivity contribution in [3.8, 4) is 5.75 Å². The highest BCUT2D eigenvalue weighted by Crippen LogP contribution is 2.30. The number of hydrogen-bond donors (Lipinski definition) is 2. The second-order valence-corrected chi connectivity index (χ2v) is 11.6. The van der Waals surface area contributed by atoms with Crippen LogP contribution in [-0.4, -0.2) is 74.3 Å². The van der Waals surface area contributed by atoms with Crippen molar-refractivity contribution in [2.75, 3.05) is 48.5 Å². The van der Waals surface area contributed by atoms with Crippen LogP contribution in [0.4, 0.5) is 20.8 Å². The summed E-state index contributed by atoms with van der Waals surface area (Å²) in [4.78, 5) is 42.2. The first-order valence-electron chi connectivity index (χ1n) is 12.2. The number of fused-ring (bicyclic) bond motifs is 2. The lowest BCUT2D eigenvalue weighted by Crippen LogP contribution is -2.33. The molecule has 3 aromatic rings. The molecule has 0 spiro atoms. The summed E-state index contributed by atoms with van der Waals surface area (Å²) in [5, 5.41) is 6.38. The van der Waals surface area contributed by atoms with Crippen LogP contribution in [0, 0.1) is 5.82 Å². The number of amides is 2. The zero-order valence-corrected chi connectivity index (χ0v) is 21.8. The molecular weight excluding hydrogens is 533 g/mol. The predicted octanol–water partition coefficient (Wildman–Crippen LogP) is 1.07. The highest BCUT2D eigenvalue weighted by atomic mass is 32.2. The van der Waals surface area contributed by atoms with Crippen molar-refractivity contribution in [2.45, 2.75) is 19.1 Å². The maximum Gasteiger partial charge on any atom is 0.416 e. The zero-order chi connectivity index (χ0) is 27.7. The van der Waals surface area contributed by atoms with Gasteiger partial charge in [0.25, 0.3) is 11.5 Å². The number of nitrogens with one attached hydrogen (secondary N) is 2. The summed E-state index contributed by atoms with van der Waals surface area (Å²) in [7, 11) is -3.34. The van der Waals surface area contributed by atoms with Crippen LogP contribution in [0.25, 0.3) is 10.9 Å². The molecule has 0 radical (unpaired) electrons. The lowest BCUT2D eigenvalue weighted by atomic mass is 10.1. The molecule has 0 aliphatic carbocycles. The molecule has 2 aliphatic rings. The van der Waals surface area contributed by atoms with E-state index in [2.05, 4.69) is 15.6 Å². The maximum absolute atomic E-state index is 14.9. The van der Waals surface area contributed by atoms with Crippen molar-refractivity contribution < 1.29 is 31.9 Å². The van der Waals surface area contributed by atoms with Crippen LogP contribution >= 0.6 is 0 Å². The third kappa shape index (κ3) is 5.86. The lowest BCUT2D eigenvalue weighted by Gasteiger charge is -2.19. The number of carbonyl (C=O) groups is 2. The summed E-state index contributed by atoms with van der Waals surface area (Å²) in [6, 6.07) is 9.01. The van der Waals surface area contributed by atoms with Gasteiger partial charge in [0, 0.05) is 31.0 Å². The average molecular weight is 560 g/mol. The van der Waals surface area contributed by atoms with Gasteiger partial charge >= 0.3 is 6.09 Å². The fourth-order valence-electron chi connectivity index (χ4n) is 4.56. The van der Waals surface area contributed by atoms with Crippen LogP contribution in [-0.2, 0) is 32.3 Å². The van der Waals surface area contributed by atoms with Crippen LogP contribution in [0.15, 0.2) is 41.2 Å². The van der Waals surface area contributed by atoms with Gasteiger partial charge in [-0.2, -0.15) is 0 Å². The van der Waals surface area contributed by atoms with Gasteiger partial charge in [0.15, 0.2) is 18.2 Å². The first-order chi connectivity index (χ1) is 18.6. The fourth-order valence-corrected chi connectivity index (χ4v) is 5.07. The fraction of sp³-hybridized carbons (Fsp3) is 0.360. The highest BCUT2D eigenvalue weighted by Gasteiger charge is 2.33. The van der Waals surface area contributed by atoms with E-state index in [9.17, 15) is 27.2 Å². The molecule has 1 atom stereocenters. The molecule has 0 saturated carbocycles. The zero-order valence-electron chi connectivity index (χ0n) is 21.0. The minimum Gasteiger partial charge on any atom is -0.480 e. The van der Waals surface area contributed by atoms with E-state index in [1.54, 1.807) is 24.3 Å². The molecule has 5 rings (SSSR count). The van der Waals surface area contributed by atoms with E-state index in [1.165, 1.54) is 21.6 Å². The van der Waals surface area contributed by atoms with Crippen LogP contribution < -0.4 is 25.8 Å². The van der Waals surface area contributed by atoms with Gasteiger partial charge in [-0.1, -0.05) is 0 Å². The Kier molecular flexibility index (Phi) is 7.23. The molecule has 1 saturated heterocycles. The molecule has 206 valence electrons. The molecule has 2 amide bonds. The van der Waals surface area contributed by atoms with Crippen molar-refractivity contribution in [2.24, 2.45) is 0 Å². The van der Waals surface area contributed by atoms with E-state index < -0.39 is 33.4 Å². The van der Waals surface area contributed by atoms with Crippen LogP contribution in [0.5, 0.6) is 5.75 Å². The molecule has 2 aromatic heterocycles. The summed E-state index contributed by atoms with van der Waals surface area (Å²) in [5.74, 6) is -0.152. The minimum absolute atomic E-state index is 0.0840. The summed E-state index contributed by atoms with van der Waals surface area (Å²) in [5.41, 5.74) is 0.241. The van der Waals surface area contributed by atoms with Crippen molar-refractivity contribution >= 4 is 44.4 Å². The number of benzene rings is 1. The topological polar surface area (TPSA) is 149 Å². The molecule has 2 aliphatic heterocycles. The first-order valence-corrected chi connectivity index (χ1v) is 14.3. The van der Waals surface area contributed by atoms with Gasteiger partial charge in [-0.05, 0) is 48.7 Å². The van der Waals surface area contributed by atoms with Crippen LogP contribution in [0.1, 0.15) is 5.56 Å². The van der Waals surface area contributed by atoms with Crippen molar-refractivity contribution in [3.63, 3.8) is 0 Å². The highest BCUT2D eigenvalue weighted by molar-refractivity contribution is 7.90. The van der Waals surface area contributed by atoms with Crippen LogP contribution in [0.3, 0.4) is 0 Å². The number of sulfone groups is 1. The number of carbonyl (C=O) groups excluding carboxylic acids is 2. The molecule has 1 aromatic carbocycles. The number of pyridine rings is 2. The maximum atomic E-state index is 14.9. The number of cyclic esters (lactones) is 1. The number of hydrogen-bond acceptors (Lipinski definition) is 9. The van der Waals surface area contributed by atoms with E-state index in [4.69, 9.17) is 9.47 Å². The summed E-state index contributed by atoms with van der Waals surface area (Å²) >= 11 is 0. The number of rotatable bonds is 9. The molecule has 0 bridgehead atoms. The Labute approximate surface area is 222 Å². The Bertz CT molecular complexity index is 1630. The predicted molar refractivity (Wildman–Crippen MR) is 140 cm³/mol. The van der Waals surface area contributed by atoms with Gasteiger partial charge in [0.05, 0.1) is 17.8 Å². The largest absolute Gasteiger partial charge is 0.480 e. The summed E-state index contributed by atoms with van der Waals surface area (Å²) in [6.45, 7) is 0.605. The normalized spacial score (nSPS) is 17.1. The second kappa shape index (κ2) is 10.6. The number of nitrogens with zero attached hydrogens (tertiary/aromatic N) is 3. The molecule has 2 N–H and O–H groups in total. The second-order valence-electron chi connectivity index (χ2n) is 9.34. The first kappa shape index (κ1) is 26.6. The van der Waals surface area contributed by atoms with E-state index in [-0.39, 0.29) is 50.1 Å². The molecular formula is C25H26FN5O7S. The van der Waals surface area contributed by atoms with Gasteiger partial charge in [-0.25, -0.2) is 22.6 Å². The Hall–Kier alpha value is -4.04. The van der Waals surface area contributed by atoms with Crippen molar-refractivity contribution in [1.82, 2.24) is 14.9 Å². The Balaban J connectivity index is 1.24. The number of halogens is 1. The SMILES string of the molecule is CS(=O)(=O)CCn1c(=O)ccc2ccc(F)c(CCNCC3CN(c4ccc5c(n4)NC(=O)CO5)C(=O)O3)c21. The van der Waals surface area contributed by atoms with Gasteiger partial charge < -0.3 is 24.7 Å². The Morgan fingerprint density at radius 1 is 1.15 bits per heavy atom. The quantitative estimate of drug-likeness (QED) is 0.367. The number of anilines is 2. The standard InChI is InChI=1S/C25H26FN5O7S/c1-39(35,36)11-10-30-22(33)7-3-15-2-4-18(26)17(23(15)30)8-9-27-12-16-13-31(25(34)38-16)20-6-5-19-24(28-20)29-21(32)14-37-19/h2-7,16,27H,8-14H2,1H3,(H,28,29,32). The van der Waals surface area contributed by atoms with E-state index in [0.29, 0.717) is 34.6 Å². The van der Waals surface area contributed by atoms with Gasteiger partial charge in [0.1, 0.15) is 27.6 Å². The third-order valence-electron chi connectivity index (χ3n) is 6.42. The van der Waals surface area contributed by atoms with E-state index >= 15 is 0 Å². The van der Waals surface area contributed by atoms with Crippen molar-refractivity contribution in [3.05, 3.63) is 58.1 Å². The Morgan fingerprint density at radius 2 is 1.95 bits per heavy atom. The van der Waals surface area contributed by atoms with E-state index in [1.807, 2.05) is 0 Å². The minimum atomic E-state index is -3.34. The smallest absolute Gasteiger partial charge is 0.416 e. The molecule has 39 heavy (non-hydrogen) atoms. The Morgan fingerprint density at radius 3 is 2.74 bits per heavy atom.